The van der Waals surface area contributed by atoms with E-state index in [4.69, 9.17) is 4.98 Å². The van der Waals surface area contributed by atoms with Crippen LogP contribution in [0.4, 0.5) is 4.39 Å². The zero-order chi connectivity index (χ0) is 21.9. The van der Waals surface area contributed by atoms with E-state index in [9.17, 15) is 4.39 Å². The Morgan fingerprint density at radius 1 is 0.500 bits per heavy atom. The molecule has 1 aromatic heterocycles. The van der Waals surface area contributed by atoms with Crippen molar-refractivity contribution >= 4 is 15.9 Å². The van der Waals surface area contributed by atoms with Crippen molar-refractivity contribution in [2.24, 2.45) is 0 Å². The first-order chi connectivity index (χ1) is 15.7. The molecule has 0 N–H and O–H groups in total. The van der Waals surface area contributed by atoms with Crippen LogP contribution in [0.1, 0.15) is 0 Å². The Labute approximate surface area is 193 Å². The Morgan fingerprint density at radius 2 is 0.969 bits per heavy atom. The highest BCUT2D eigenvalue weighted by molar-refractivity contribution is 9.10. The lowest BCUT2D eigenvalue weighted by atomic mass is 10.0. The van der Waals surface area contributed by atoms with Gasteiger partial charge < -0.3 is 0 Å². The minimum atomic E-state index is -0.394. The maximum atomic E-state index is 14.7. The van der Waals surface area contributed by atoms with E-state index >= 15 is 0 Å². The lowest BCUT2D eigenvalue weighted by Gasteiger charge is -2.09. The van der Waals surface area contributed by atoms with Crippen LogP contribution in [-0.2, 0) is 0 Å². The van der Waals surface area contributed by atoms with Crippen molar-refractivity contribution in [3.05, 3.63) is 113 Å². The van der Waals surface area contributed by atoms with E-state index in [2.05, 4.69) is 38.0 Å². The molecular formula is C27H17BrFN3. The van der Waals surface area contributed by atoms with E-state index in [1.165, 1.54) is 6.07 Å². The van der Waals surface area contributed by atoms with E-state index in [-0.39, 0.29) is 0 Å². The largest absolute Gasteiger partial charge is 0.208 e. The minimum Gasteiger partial charge on any atom is -0.208 e. The van der Waals surface area contributed by atoms with Crippen molar-refractivity contribution in [1.82, 2.24) is 15.0 Å². The average Bonchev–Trinajstić information content (AvgIpc) is 2.85. The van der Waals surface area contributed by atoms with Gasteiger partial charge in [-0.2, -0.15) is 0 Å². The molecule has 3 nitrogen and oxygen atoms in total. The van der Waals surface area contributed by atoms with Crippen LogP contribution >= 0.6 is 15.9 Å². The SMILES string of the molecule is Fc1cc(Br)ccc1-c1nc(-c2ccccc2)nc(-c2ccc(-c3ccccc3)cc2)n1. The molecule has 0 saturated heterocycles. The number of halogens is 2. The van der Waals surface area contributed by atoms with Gasteiger partial charge in [-0.3, -0.25) is 0 Å². The van der Waals surface area contributed by atoms with Gasteiger partial charge in [0.05, 0.1) is 5.56 Å². The Morgan fingerprint density at radius 3 is 1.56 bits per heavy atom. The molecule has 0 fully saturated rings. The number of aromatic nitrogens is 3. The third-order valence-electron chi connectivity index (χ3n) is 5.09. The van der Waals surface area contributed by atoms with Crippen LogP contribution in [-0.4, -0.2) is 15.0 Å². The molecule has 0 saturated carbocycles. The molecule has 0 atom stereocenters. The van der Waals surface area contributed by atoms with Gasteiger partial charge in [0.25, 0.3) is 0 Å². The topological polar surface area (TPSA) is 38.7 Å². The molecule has 5 heteroatoms. The Bertz CT molecular complexity index is 1370. The number of rotatable bonds is 4. The Hall–Kier alpha value is -3.70. The molecule has 1 heterocycles. The standard InChI is InChI=1S/C27H17BrFN3/c28-22-15-16-23(24(29)17-22)27-31-25(20-9-5-2-6-10-20)30-26(32-27)21-13-11-19(12-14-21)18-7-3-1-4-8-18/h1-17H. The smallest absolute Gasteiger partial charge is 0.167 e. The van der Waals surface area contributed by atoms with Crippen molar-refractivity contribution in [2.45, 2.75) is 0 Å². The lowest BCUT2D eigenvalue weighted by molar-refractivity contribution is 0.629. The molecule has 0 spiro atoms. The molecule has 0 aliphatic heterocycles. The second-order valence-electron chi connectivity index (χ2n) is 7.24. The summed E-state index contributed by atoms with van der Waals surface area (Å²) in [5, 5.41) is 0. The number of benzene rings is 4. The molecule has 32 heavy (non-hydrogen) atoms. The quantitative estimate of drug-likeness (QED) is 0.267. The van der Waals surface area contributed by atoms with Gasteiger partial charge in [-0.15, -0.1) is 0 Å². The van der Waals surface area contributed by atoms with Crippen molar-refractivity contribution < 1.29 is 4.39 Å². The highest BCUT2D eigenvalue weighted by atomic mass is 79.9. The van der Waals surface area contributed by atoms with E-state index in [0.29, 0.717) is 27.5 Å². The molecule has 0 aliphatic rings. The van der Waals surface area contributed by atoms with Gasteiger partial charge in [0.15, 0.2) is 17.5 Å². The first-order valence-electron chi connectivity index (χ1n) is 10.1. The summed E-state index contributed by atoms with van der Waals surface area (Å²) in [6.07, 6.45) is 0. The molecule has 5 rings (SSSR count). The van der Waals surface area contributed by atoms with Gasteiger partial charge in [0, 0.05) is 15.6 Å². The fourth-order valence-corrected chi connectivity index (χ4v) is 3.79. The maximum absolute atomic E-state index is 14.7. The number of hydrogen-bond donors (Lipinski definition) is 0. The molecule has 0 aliphatic carbocycles. The van der Waals surface area contributed by atoms with Crippen LogP contribution in [0, 0.1) is 5.82 Å². The summed E-state index contributed by atoms with van der Waals surface area (Å²) in [4.78, 5) is 13.9. The summed E-state index contributed by atoms with van der Waals surface area (Å²) in [5.41, 5.74) is 4.25. The van der Waals surface area contributed by atoms with Crippen LogP contribution < -0.4 is 0 Å². The van der Waals surface area contributed by atoms with Gasteiger partial charge in [0.1, 0.15) is 5.82 Å². The molecule has 0 amide bonds. The van der Waals surface area contributed by atoms with E-state index in [0.717, 1.165) is 22.3 Å². The predicted molar refractivity (Wildman–Crippen MR) is 129 cm³/mol. The van der Waals surface area contributed by atoms with Gasteiger partial charge >= 0.3 is 0 Å². The van der Waals surface area contributed by atoms with Crippen LogP contribution in [0.25, 0.3) is 45.3 Å². The predicted octanol–water partition coefficient (Wildman–Crippen LogP) is 7.44. The van der Waals surface area contributed by atoms with Crippen molar-refractivity contribution in [2.75, 3.05) is 0 Å². The highest BCUT2D eigenvalue weighted by Gasteiger charge is 2.15. The normalized spacial score (nSPS) is 10.8. The fourth-order valence-electron chi connectivity index (χ4n) is 3.45. The third kappa shape index (κ3) is 4.20. The van der Waals surface area contributed by atoms with Gasteiger partial charge in [-0.05, 0) is 29.3 Å². The van der Waals surface area contributed by atoms with E-state index in [1.807, 2.05) is 72.8 Å². The second-order valence-corrected chi connectivity index (χ2v) is 8.16. The molecule has 5 aromatic rings. The summed E-state index contributed by atoms with van der Waals surface area (Å²) in [5.74, 6) is 0.900. The highest BCUT2D eigenvalue weighted by Crippen LogP contribution is 2.28. The summed E-state index contributed by atoms with van der Waals surface area (Å²) < 4.78 is 15.4. The van der Waals surface area contributed by atoms with Crippen LogP contribution in [0.3, 0.4) is 0 Å². The van der Waals surface area contributed by atoms with Crippen LogP contribution in [0.2, 0.25) is 0 Å². The van der Waals surface area contributed by atoms with E-state index in [1.54, 1.807) is 12.1 Å². The molecular weight excluding hydrogens is 465 g/mol. The average molecular weight is 482 g/mol. The van der Waals surface area contributed by atoms with Gasteiger partial charge in [-0.25, -0.2) is 19.3 Å². The molecule has 0 radical (unpaired) electrons. The van der Waals surface area contributed by atoms with Crippen molar-refractivity contribution in [3.63, 3.8) is 0 Å². The monoisotopic (exact) mass is 481 g/mol. The summed E-state index contributed by atoms with van der Waals surface area (Å²) >= 11 is 3.30. The Kier molecular flexibility index (Phi) is 5.57. The van der Waals surface area contributed by atoms with Gasteiger partial charge in [-0.1, -0.05) is 101 Å². The second kappa shape index (κ2) is 8.81. The summed E-state index contributed by atoms with van der Waals surface area (Å²) in [6, 6.07) is 32.7. The zero-order valence-corrected chi connectivity index (χ0v) is 18.5. The molecule has 4 aromatic carbocycles. The molecule has 0 unspecified atom stereocenters. The number of hydrogen-bond acceptors (Lipinski definition) is 3. The maximum Gasteiger partial charge on any atom is 0.167 e. The summed E-state index contributed by atoms with van der Waals surface area (Å²) in [6.45, 7) is 0. The van der Waals surface area contributed by atoms with Gasteiger partial charge in [0.2, 0.25) is 0 Å². The number of nitrogens with zero attached hydrogens (tertiary/aromatic N) is 3. The van der Waals surface area contributed by atoms with Crippen molar-refractivity contribution in [3.8, 4) is 45.3 Å². The third-order valence-corrected chi connectivity index (χ3v) is 5.58. The zero-order valence-electron chi connectivity index (χ0n) is 16.9. The molecule has 0 bridgehead atoms. The van der Waals surface area contributed by atoms with Crippen molar-refractivity contribution in [1.29, 1.82) is 0 Å². The fraction of sp³-hybridized carbons (Fsp3) is 0. The van der Waals surface area contributed by atoms with Crippen LogP contribution in [0.15, 0.2) is 108 Å². The molecule has 154 valence electrons. The van der Waals surface area contributed by atoms with E-state index < -0.39 is 5.82 Å². The first-order valence-corrected chi connectivity index (χ1v) is 10.9. The summed E-state index contributed by atoms with van der Waals surface area (Å²) in [7, 11) is 0. The Balaban J connectivity index is 1.63. The minimum absolute atomic E-state index is 0.297. The first kappa shape index (κ1) is 20.2. The lowest BCUT2D eigenvalue weighted by Crippen LogP contribution is -2.01. The van der Waals surface area contributed by atoms with Crippen LogP contribution in [0.5, 0.6) is 0 Å².